The van der Waals surface area contributed by atoms with Gasteiger partial charge < -0.3 is 9.80 Å². The summed E-state index contributed by atoms with van der Waals surface area (Å²) < 4.78 is 45.0. The van der Waals surface area contributed by atoms with Crippen molar-refractivity contribution in [1.82, 2.24) is 0 Å². The van der Waals surface area contributed by atoms with E-state index in [1.165, 1.54) is 16.2 Å². The van der Waals surface area contributed by atoms with E-state index in [0.717, 1.165) is 67.0 Å². The number of hydrogen-bond donors (Lipinski definition) is 0. The van der Waals surface area contributed by atoms with E-state index in [2.05, 4.69) is 139 Å². The van der Waals surface area contributed by atoms with E-state index in [-0.39, 0.29) is 6.42 Å². The molecule has 0 N–H and O–H groups in total. The van der Waals surface area contributed by atoms with Gasteiger partial charge in [-0.2, -0.15) is 13.2 Å². The van der Waals surface area contributed by atoms with Gasteiger partial charge in [-0.05, 0) is 116 Å². The lowest BCUT2D eigenvalue weighted by Gasteiger charge is -2.36. The smallest absolute Gasteiger partial charge is 0.338 e. The van der Waals surface area contributed by atoms with E-state index in [4.69, 9.17) is 0 Å². The van der Waals surface area contributed by atoms with Crippen LogP contribution in [0.5, 0.6) is 0 Å². The molecule has 272 valence electrons. The summed E-state index contributed by atoms with van der Waals surface area (Å²) in [7, 11) is 0. The molecule has 3 aliphatic rings. The maximum Gasteiger partial charge on any atom is 0.409 e. The number of rotatable bonds is 4. The molecule has 0 spiro atoms. The lowest BCUT2D eigenvalue weighted by Crippen LogP contribution is -2.41. The van der Waals surface area contributed by atoms with Crippen molar-refractivity contribution in [2.45, 2.75) is 43.4 Å². The molecule has 0 aromatic heterocycles. The molecule has 0 bridgehead atoms. The van der Waals surface area contributed by atoms with Crippen LogP contribution in [0.4, 0.5) is 35.9 Å². The third kappa shape index (κ3) is 4.57. The first-order valence-electron chi connectivity index (χ1n) is 19.4. The van der Waals surface area contributed by atoms with E-state index in [1.54, 1.807) is 0 Å². The van der Waals surface area contributed by atoms with Crippen LogP contribution in [0.2, 0.25) is 0 Å². The summed E-state index contributed by atoms with van der Waals surface area (Å²) in [4.78, 5) is 3.99. The lowest BCUT2D eigenvalue weighted by molar-refractivity contribution is -0.145. The quantitative estimate of drug-likeness (QED) is 0.166. The number of hydrogen-bond acceptors (Lipinski definition) is 2. The van der Waals surface area contributed by atoms with Gasteiger partial charge in [0.2, 0.25) is 0 Å². The second-order valence-electron chi connectivity index (χ2n) is 15.5. The van der Waals surface area contributed by atoms with E-state index >= 15 is 0 Å². The normalized spacial score (nSPS) is 17.9. The Balaban J connectivity index is 1.25. The van der Waals surface area contributed by atoms with Gasteiger partial charge in [0.15, 0.2) is 0 Å². The number of halogens is 3. The number of alkyl halides is 3. The van der Waals surface area contributed by atoms with Crippen molar-refractivity contribution in [2.24, 2.45) is 0 Å². The first-order chi connectivity index (χ1) is 27.3. The molecule has 8 aromatic carbocycles. The highest BCUT2D eigenvalue weighted by Crippen LogP contribution is 2.61. The second-order valence-corrected chi connectivity index (χ2v) is 15.5. The summed E-state index contributed by atoms with van der Waals surface area (Å²) in [6, 6.07) is 57.3. The van der Waals surface area contributed by atoms with Gasteiger partial charge in [-0.1, -0.05) is 133 Å². The number of fused-ring (bicyclic) bond motifs is 10. The van der Waals surface area contributed by atoms with Crippen molar-refractivity contribution in [3.63, 3.8) is 0 Å². The Morgan fingerprint density at radius 1 is 0.518 bits per heavy atom. The fraction of sp³-hybridized carbons (Fsp3) is 0.137. The van der Waals surface area contributed by atoms with Crippen LogP contribution in [0.3, 0.4) is 0 Å². The van der Waals surface area contributed by atoms with E-state index in [1.807, 2.05) is 42.5 Å². The van der Waals surface area contributed by atoms with Gasteiger partial charge in [0.25, 0.3) is 0 Å². The summed E-state index contributed by atoms with van der Waals surface area (Å²) in [5, 5.41) is 4.57. The summed E-state index contributed by atoms with van der Waals surface area (Å²) in [6.07, 6.45) is -3.52. The van der Waals surface area contributed by atoms with Crippen molar-refractivity contribution in [2.75, 3.05) is 9.80 Å². The van der Waals surface area contributed by atoms with Crippen LogP contribution < -0.4 is 9.80 Å². The zero-order chi connectivity index (χ0) is 37.8. The van der Waals surface area contributed by atoms with E-state index < -0.39 is 17.6 Å². The topological polar surface area (TPSA) is 6.48 Å². The standard InChI is InChI=1S/C51H37F3N2/c1-32-28-33-14-8-12-22-45(33)55(32)37-24-26-41-43(30-37)39-20-10-11-21-40(39)48-42-27-25-38(56-46-23-13-9-15-34(46)29-47(56)51(52,53)54)31-44(42)50(49(41)48,35-16-4-2-5-17-35)36-18-6-3-7-19-36/h2-27,30-32,47H,28-29H2,1H3. The van der Waals surface area contributed by atoms with E-state index in [0.29, 0.717) is 23.0 Å². The van der Waals surface area contributed by atoms with E-state index in [9.17, 15) is 13.2 Å². The molecule has 5 heteroatoms. The average Bonchev–Trinajstić information content (AvgIpc) is 3.89. The van der Waals surface area contributed by atoms with Gasteiger partial charge in [0.05, 0.1) is 5.41 Å². The molecule has 0 saturated carbocycles. The largest absolute Gasteiger partial charge is 0.409 e. The Morgan fingerprint density at radius 3 is 1.75 bits per heavy atom. The minimum absolute atomic E-state index is 0.0861. The van der Waals surface area contributed by atoms with Crippen molar-refractivity contribution < 1.29 is 13.2 Å². The molecule has 11 rings (SSSR count). The van der Waals surface area contributed by atoms with Crippen LogP contribution in [-0.4, -0.2) is 18.3 Å². The Hall–Kier alpha value is -6.33. The molecule has 0 radical (unpaired) electrons. The zero-order valence-corrected chi connectivity index (χ0v) is 30.8. The Bertz CT molecular complexity index is 2810. The Labute approximate surface area is 324 Å². The summed E-state index contributed by atoms with van der Waals surface area (Å²) in [5.41, 5.74) is 11.2. The van der Waals surface area contributed by atoms with Gasteiger partial charge >= 0.3 is 6.18 Å². The van der Waals surface area contributed by atoms with Crippen molar-refractivity contribution in [3.05, 3.63) is 203 Å². The second kappa shape index (κ2) is 12.1. The third-order valence-corrected chi connectivity index (χ3v) is 12.6. The zero-order valence-electron chi connectivity index (χ0n) is 30.8. The molecular weight excluding hydrogens is 698 g/mol. The summed E-state index contributed by atoms with van der Waals surface area (Å²) in [5.74, 6) is 0. The minimum Gasteiger partial charge on any atom is -0.338 e. The summed E-state index contributed by atoms with van der Waals surface area (Å²) in [6.45, 7) is 2.29. The van der Waals surface area contributed by atoms with Crippen molar-refractivity contribution in [1.29, 1.82) is 0 Å². The predicted octanol–water partition coefficient (Wildman–Crippen LogP) is 13.1. The third-order valence-electron chi connectivity index (χ3n) is 12.6. The Morgan fingerprint density at radius 2 is 1.07 bits per heavy atom. The molecule has 2 aliphatic heterocycles. The molecule has 8 aromatic rings. The molecule has 2 atom stereocenters. The van der Waals surface area contributed by atoms with Crippen LogP contribution in [0.1, 0.15) is 40.3 Å². The molecule has 0 fully saturated rings. The molecule has 2 unspecified atom stereocenters. The number of benzene rings is 8. The fourth-order valence-corrected chi connectivity index (χ4v) is 10.4. The lowest BCUT2D eigenvalue weighted by atomic mass is 9.66. The SMILES string of the molecule is CC1Cc2ccccc2N1c1ccc2c3c(c4ccccc4c2c1)-c1ccc(N2c4ccccc4CC2C(F)(F)F)cc1C3(c1ccccc1)c1ccccc1. The highest BCUT2D eigenvalue weighted by molar-refractivity contribution is 6.20. The van der Waals surface area contributed by atoms with Gasteiger partial charge in [-0.25, -0.2) is 0 Å². The Kier molecular flexibility index (Phi) is 7.13. The molecule has 2 heterocycles. The van der Waals surface area contributed by atoms with Crippen molar-refractivity contribution >= 4 is 44.3 Å². The van der Waals surface area contributed by atoms with Gasteiger partial charge in [-0.3, -0.25) is 0 Å². The molecule has 0 amide bonds. The number of anilines is 4. The molecule has 0 saturated heterocycles. The van der Waals surface area contributed by atoms with Crippen LogP contribution in [0.25, 0.3) is 32.7 Å². The highest BCUT2D eigenvalue weighted by atomic mass is 19.4. The first kappa shape index (κ1) is 33.0. The maximum absolute atomic E-state index is 15.0. The van der Waals surface area contributed by atoms with Crippen LogP contribution in [-0.2, 0) is 18.3 Å². The van der Waals surface area contributed by atoms with Gasteiger partial charge in [0.1, 0.15) is 6.04 Å². The van der Waals surface area contributed by atoms with Crippen LogP contribution in [0.15, 0.2) is 170 Å². The van der Waals surface area contributed by atoms with Crippen LogP contribution >= 0.6 is 0 Å². The maximum atomic E-state index is 15.0. The molecule has 1 aliphatic carbocycles. The summed E-state index contributed by atoms with van der Waals surface area (Å²) >= 11 is 0. The number of para-hydroxylation sites is 2. The fourth-order valence-electron chi connectivity index (χ4n) is 10.4. The van der Waals surface area contributed by atoms with Gasteiger partial charge in [-0.15, -0.1) is 0 Å². The predicted molar refractivity (Wildman–Crippen MR) is 223 cm³/mol. The van der Waals surface area contributed by atoms with Crippen molar-refractivity contribution in [3.8, 4) is 11.1 Å². The van der Waals surface area contributed by atoms with Crippen LogP contribution in [0, 0.1) is 0 Å². The molecule has 56 heavy (non-hydrogen) atoms. The average molecular weight is 735 g/mol. The molecular formula is C51H37F3N2. The minimum atomic E-state index is -4.42. The number of nitrogens with zero attached hydrogens (tertiary/aromatic N) is 2. The first-order valence-corrected chi connectivity index (χ1v) is 19.4. The molecule has 2 nitrogen and oxygen atoms in total. The monoisotopic (exact) mass is 734 g/mol. The highest BCUT2D eigenvalue weighted by Gasteiger charge is 2.51. The van der Waals surface area contributed by atoms with Gasteiger partial charge in [0, 0.05) is 35.2 Å².